The molecule has 0 aliphatic heterocycles. The first-order chi connectivity index (χ1) is 11.3. The molecule has 0 amide bonds. The molecule has 9 nitrogen and oxygen atoms in total. The minimum absolute atomic E-state index is 0.0286. The zero-order valence-corrected chi connectivity index (χ0v) is 12.7. The summed E-state index contributed by atoms with van der Waals surface area (Å²) in [4.78, 5) is 23.0. The Morgan fingerprint density at radius 3 is 2.17 bits per heavy atom. The molecule has 0 spiro atoms. The fourth-order valence-corrected chi connectivity index (χ4v) is 1.95. The highest BCUT2D eigenvalue weighted by Crippen LogP contribution is 2.11. The third kappa shape index (κ3) is 5.87. The van der Waals surface area contributed by atoms with Crippen LogP contribution in [0.25, 0.3) is 0 Å². The standard InChI is InChI=1S/C15H21NO8/c17-7-12(20)14(22)13(21)11(19)6-16-10(15(23)24)5-8-1-3-9(18)4-2-8/h1-4,10,12-14,16-18,20-22H,5-7H2,(H,23,24)/t10-,12-,13-,14-/m1/s1. The number of carboxylic acid groups (broad SMARTS) is 1. The SMILES string of the molecule is O=C(CN[C@H](Cc1ccc(O)cc1)C(=O)O)[C@@H](O)[C@H](O)[C@H](O)CO. The van der Waals surface area contributed by atoms with E-state index in [0.29, 0.717) is 5.56 Å². The van der Waals surface area contributed by atoms with E-state index in [-0.39, 0.29) is 12.2 Å². The summed E-state index contributed by atoms with van der Waals surface area (Å²) in [7, 11) is 0. The van der Waals surface area contributed by atoms with E-state index in [9.17, 15) is 30.0 Å². The maximum atomic E-state index is 11.7. The van der Waals surface area contributed by atoms with Crippen LogP contribution < -0.4 is 5.32 Å². The van der Waals surface area contributed by atoms with Crippen molar-refractivity contribution in [3.63, 3.8) is 0 Å². The molecule has 9 heteroatoms. The summed E-state index contributed by atoms with van der Waals surface area (Å²) in [5.41, 5.74) is 0.608. The van der Waals surface area contributed by atoms with E-state index in [1.165, 1.54) is 24.3 Å². The molecule has 0 saturated carbocycles. The number of phenolic OH excluding ortho intramolecular Hbond substituents is 1. The number of rotatable bonds is 10. The van der Waals surface area contributed by atoms with Gasteiger partial charge >= 0.3 is 5.97 Å². The molecule has 0 aromatic heterocycles. The van der Waals surface area contributed by atoms with Gasteiger partial charge in [-0.1, -0.05) is 12.1 Å². The number of nitrogens with one attached hydrogen (secondary N) is 1. The molecule has 4 atom stereocenters. The highest BCUT2D eigenvalue weighted by Gasteiger charge is 2.30. The molecular formula is C15H21NO8. The predicted octanol–water partition coefficient (Wildman–Crippen LogP) is -2.38. The lowest BCUT2D eigenvalue weighted by Crippen LogP contribution is -2.49. The third-order valence-corrected chi connectivity index (χ3v) is 3.43. The van der Waals surface area contributed by atoms with Crippen LogP contribution >= 0.6 is 0 Å². The van der Waals surface area contributed by atoms with E-state index in [1.807, 2.05) is 0 Å². The number of Topliss-reactive ketones (excluding diaryl/α,β-unsaturated/α-hetero) is 1. The van der Waals surface area contributed by atoms with Crippen LogP contribution in [0.1, 0.15) is 5.56 Å². The second-order valence-corrected chi connectivity index (χ2v) is 5.29. The van der Waals surface area contributed by atoms with Crippen molar-refractivity contribution < 1.29 is 40.2 Å². The van der Waals surface area contributed by atoms with E-state index in [4.69, 9.17) is 10.2 Å². The van der Waals surface area contributed by atoms with Crippen LogP contribution in [0, 0.1) is 0 Å². The van der Waals surface area contributed by atoms with Gasteiger partial charge in [-0.25, -0.2) is 0 Å². The number of benzene rings is 1. The van der Waals surface area contributed by atoms with Gasteiger partial charge in [0.05, 0.1) is 13.2 Å². The van der Waals surface area contributed by atoms with Gasteiger partial charge in [0.15, 0.2) is 5.78 Å². The first-order valence-corrected chi connectivity index (χ1v) is 7.18. The quantitative estimate of drug-likeness (QED) is 0.245. The molecule has 1 rings (SSSR count). The van der Waals surface area contributed by atoms with Gasteiger partial charge in [0, 0.05) is 0 Å². The average molecular weight is 343 g/mol. The van der Waals surface area contributed by atoms with Crippen LogP contribution in [-0.2, 0) is 16.0 Å². The monoisotopic (exact) mass is 343 g/mol. The molecule has 0 heterocycles. The third-order valence-electron chi connectivity index (χ3n) is 3.43. The summed E-state index contributed by atoms with van der Waals surface area (Å²) in [6.45, 7) is -1.39. The zero-order valence-electron chi connectivity index (χ0n) is 12.7. The number of carbonyl (C=O) groups excluding carboxylic acids is 1. The number of hydrogen-bond acceptors (Lipinski definition) is 8. The summed E-state index contributed by atoms with van der Waals surface area (Å²) in [5, 5.41) is 57.7. The van der Waals surface area contributed by atoms with Gasteiger partial charge in [0.25, 0.3) is 0 Å². The molecule has 1 aromatic rings. The van der Waals surface area contributed by atoms with Crippen LogP contribution in [0.2, 0.25) is 0 Å². The normalized spacial score (nSPS) is 16.2. The number of phenols is 1. The molecule has 0 aliphatic carbocycles. The van der Waals surface area contributed by atoms with Crippen molar-refractivity contribution in [1.29, 1.82) is 0 Å². The van der Waals surface area contributed by atoms with Crippen molar-refractivity contribution >= 4 is 11.8 Å². The molecule has 0 bridgehead atoms. The summed E-state index contributed by atoms with van der Waals surface area (Å²) in [5.74, 6) is -2.11. The van der Waals surface area contributed by atoms with Crippen molar-refractivity contribution in [1.82, 2.24) is 5.32 Å². The van der Waals surface area contributed by atoms with E-state index < -0.39 is 49.3 Å². The lowest BCUT2D eigenvalue weighted by atomic mass is 10.0. The van der Waals surface area contributed by atoms with Crippen LogP contribution in [0.4, 0.5) is 0 Å². The number of aliphatic hydroxyl groups is 4. The lowest BCUT2D eigenvalue weighted by molar-refractivity contribution is -0.141. The highest BCUT2D eigenvalue weighted by atomic mass is 16.4. The van der Waals surface area contributed by atoms with E-state index in [0.717, 1.165) is 0 Å². The number of ketones is 1. The van der Waals surface area contributed by atoms with Gasteiger partial charge in [0.2, 0.25) is 0 Å². The predicted molar refractivity (Wildman–Crippen MR) is 81.4 cm³/mol. The van der Waals surface area contributed by atoms with Gasteiger partial charge in [-0.3, -0.25) is 14.9 Å². The van der Waals surface area contributed by atoms with Crippen molar-refractivity contribution in [3.05, 3.63) is 29.8 Å². The fourth-order valence-electron chi connectivity index (χ4n) is 1.95. The van der Waals surface area contributed by atoms with Gasteiger partial charge < -0.3 is 30.6 Å². The van der Waals surface area contributed by atoms with Crippen molar-refractivity contribution in [2.24, 2.45) is 0 Å². The Balaban J connectivity index is 2.61. The zero-order chi connectivity index (χ0) is 18.3. The molecule has 0 fully saturated rings. The maximum Gasteiger partial charge on any atom is 0.321 e. The van der Waals surface area contributed by atoms with Gasteiger partial charge in [-0.05, 0) is 24.1 Å². The fraction of sp³-hybridized carbons (Fsp3) is 0.467. The van der Waals surface area contributed by atoms with Crippen molar-refractivity contribution in [2.45, 2.75) is 30.8 Å². The molecule has 1 aromatic carbocycles. The largest absolute Gasteiger partial charge is 0.508 e. The average Bonchev–Trinajstić information content (AvgIpc) is 2.57. The first-order valence-electron chi connectivity index (χ1n) is 7.18. The van der Waals surface area contributed by atoms with Gasteiger partial charge in [0.1, 0.15) is 30.1 Å². The van der Waals surface area contributed by atoms with E-state index in [2.05, 4.69) is 5.32 Å². The van der Waals surface area contributed by atoms with E-state index >= 15 is 0 Å². The van der Waals surface area contributed by atoms with Gasteiger partial charge in [-0.15, -0.1) is 0 Å². The second kappa shape index (κ2) is 9.30. The number of aliphatic hydroxyl groups excluding tert-OH is 4. The summed E-state index contributed by atoms with van der Waals surface area (Å²) < 4.78 is 0. The second-order valence-electron chi connectivity index (χ2n) is 5.29. The number of hydrogen-bond donors (Lipinski definition) is 7. The summed E-state index contributed by atoms with van der Waals surface area (Å²) in [6, 6.07) is 4.73. The minimum Gasteiger partial charge on any atom is -0.508 e. The lowest BCUT2D eigenvalue weighted by Gasteiger charge is -2.21. The van der Waals surface area contributed by atoms with Crippen LogP contribution in [0.3, 0.4) is 0 Å². The number of carbonyl (C=O) groups is 2. The van der Waals surface area contributed by atoms with Crippen LogP contribution in [0.15, 0.2) is 24.3 Å². The molecule has 0 unspecified atom stereocenters. The Labute approximate surface area is 137 Å². The van der Waals surface area contributed by atoms with Crippen LogP contribution in [0.5, 0.6) is 5.75 Å². The summed E-state index contributed by atoms with van der Waals surface area (Å²) >= 11 is 0. The molecule has 134 valence electrons. The topological polar surface area (TPSA) is 168 Å². The molecule has 0 radical (unpaired) electrons. The van der Waals surface area contributed by atoms with Gasteiger partial charge in [-0.2, -0.15) is 0 Å². The first kappa shape index (κ1) is 20.0. The number of carboxylic acids is 1. The Bertz CT molecular complexity index is 547. The Morgan fingerprint density at radius 2 is 1.67 bits per heavy atom. The van der Waals surface area contributed by atoms with Crippen molar-refractivity contribution in [2.75, 3.05) is 13.2 Å². The molecular weight excluding hydrogens is 322 g/mol. The number of aromatic hydroxyl groups is 1. The molecule has 7 N–H and O–H groups in total. The molecule has 0 saturated heterocycles. The van der Waals surface area contributed by atoms with Crippen molar-refractivity contribution in [3.8, 4) is 5.75 Å². The molecule has 0 aliphatic rings. The Morgan fingerprint density at radius 1 is 1.08 bits per heavy atom. The highest BCUT2D eigenvalue weighted by molar-refractivity contribution is 5.86. The Hall–Kier alpha value is -2.04. The maximum absolute atomic E-state index is 11.7. The summed E-state index contributed by atoms with van der Waals surface area (Å²) in [6.07, 6.45) is -5.48. The van der Waals surface area contributed by atoms with E-state index in [1.54, 1.807) is 0 Å². The number of aliphatic carboxylic acids is 1. The molecule has 24 heavy (non-hydrogen) atoms. The minimum atomic E-state index is -1.96. The van der Waals surface area contributed by atoms with Crippen LogP contribution in [-0.4, -0.2) is 79.9 Å². The Kier molecular flexibility index (Phi) is 7.75. The smallest absolute Gasteiger partial charge is 0.321 e.